The SMILES string of the molecule is COCCOc1ccc(C(C)NC(=O)Cc2c(C)nc3nc(N)nn3c2C)cc1OC. The average molecular weight is 428 g/mol. The minimum Gasteiger partial charge on any atom is -0.493 e. The summed E-state index contributed by atoms with van der Waals surface area (Å²) in [5, 5.41) is 7.16. The predicted octanol–water partition coefficient (Wildman–Crippen LogP) is 1.78. The molecule has 166 valence electrons. The molecule has 1 aromatic carbocycles. The Kier molecular flexibility index (Phi) is 6.91. The summed E-state index contributed by atoms with van der Waals surface area (Å²) in [7, 11) is 3.20. The van der Waals surface area contributed by atoms with E-state index in [9.17, 15) is 4.79 Å². The number of carbonyl (C=O) groups is 1. The number of methoxy groups -OCH3 is 2. The average Bonchev–Trinajstić information content (AvgIpc) is 3.11. The van der Waals surface area contributed by atoms with Crippen LogP contribution in [0.1, 0.15) is 35.5 Å². The smallest absolute Gasteiger partial charge is 0.254 e. The van der Waals surface area contributed by atoms with Gasteiger partial charge in [0.25, 0.3) is 5.78 Å². The van der Waals surface area contributed by atoms with E-state index in [4.69, 9.17) is 19.9 Å². The number of rotatable bonds is 9. The molecule has 10 heteroatoms. The number of aromatic nitrogens is 4. The third-order valence-corrected chi connectivity index (χ3v) is 5.01. The second kappa shape index (κ2) is 9.61. The van der Waals surface area contributed by atoms with Gasteiger partial charge in [-0.05, 0) is 38.5 Å². The minimum absolute atomic E-state index is 0.132. The molecular formula is C21H28N6O4. The van der Waals surface area contributed by atoms with Crippen molar-refractivity contribution < 1.29 is 19.0 Å². The largest absolute Gasteiger partial charge is 0.493 e. The van der Waals surface area contributed by atoms with Gasteiger partial charge in [-0.2, -0.15) is 9.50 Å². The first kappa shape index (κ1) is 22.3. The number of hydrogen-bond donors (Lipinski definition) is 2. The fraction of sp³-hybridized carbons (Fsp3) is 0.429. The number of nitrogen functional groups attached to an aromatic ring is 1. The number of nitrogens with two attached hydrogens (primary N) is 1. The minimum atomic E-state index is -0.228. The fourth-order valence-electron chi connectivity index (χ4n) is 3.32. The molecule has 0 saturated heterocycles. The zero-order valence-corrected chi connectivity index (χ0v) is 18.4. The molecule has 0 saturated carbocycles. The van der Waals surface area contributed by atoms with E-state index in [0.717, 1.165) is 22.5 Å². The van der Waals surface area contributed by atoms with Gasteiger partial charge in [0.15, 0.2) is 11.5 Å². The molecule has 2 heterocycles. The summed E-state index contributed by atoms with van der Waals surface area (Å²) >= 11 is 0. The number of benzene rings is 1. The molecule has 0 aliphatic carbocycles. The quantitative estimate of drug-likeness (QED) is 0.494. The molecule has 10 nitrogen and oxygen atoms in total. The molecule has 0 spiro atoms. The van der Waals surface area contributed by atoms with Gasteiger partial charge in [-0.15, -0.1) is 5.10 Å². The Bertz CT molecular complexity index is 1080. The van der Waals surface area contributed by atoms with E-state index in [1.165, 1.54) is 0 Å². The van der Waals surface area contributed by atoms with Crippen LogP contribution < -0.4 is 20.5 Å². The maximum absolute atomic E-state index is 12.8. The Hall–Kier alpha value is -3.40. The summed E-state index contributed by atoms with van der Waals surface area (Å²) in [6.45, 7) is 6.54. The molecular weight excluding hydrogens is 400 g/mol. The van der Waals surface area contributed by atoms with Gasteiger partial charge in [0, 0.05) is 24.1 Å². The molecule has 1 amide bonds. The third kappa shape index (κ3) is 5.02. The Labute approximate surface area is 180 Å². The molecule has 0 aliphatic rings. The molecule has 3 aromatic rings. The monoisotopic (exact) mass is 428 g/mol. The number of amides is 1. The summed E-state index contributed by atoms with van der Waals surface area (Å²) in [4.78, 5) is 21.2. The molecule has 1 atom stereocenters. The molecule has 3 rings (SSSR count). The van der Waals surface area contributed by atoms with Crippen molar-refractivity contribution in [3.63, 3.8) is 0 Å². The molecule has 0 radical (unpaired) electrons. The molecule has 0 aliphatic heterocycles. The van der Waals surface area contributed by atoms with Crippen LogP contribution in [0.25, 0.3) is 5.78 Å². The van der Waals surface area contributed by atoms with Crippen molar-refractivity contribution in [2.45, 2.75) is 33.2 Å². The lowest BCUT2D eigenvalue weighted by atomic mass is 10.1. The highest BCUT2D eigenvalue weighted by Gasteiger charge is 2.18. The first-order valence-corrected chi connectivity index (χ1v) is 9.91. The lowest BCUT2D eigenvalue weighted by Crippen LogP contribution is -2.29. The van der Waals surface area contributed by atoms with Crippen LogP contribution in [0.3, 0.4) is 0 Å². The Morgan fingerprint density at radius 1 is 1.19 bits per heavy atom. The van der Waals surface area contributed by atoms with Crippen molar-refractivity contribution in [2.24, 2.45) is 0 Å². The summed E-state index contributed by atoms with van der Waals surface area (Å²) in [6.07, 6.45) is 0.167. The zero-order chi connectivity index (χ0) is 22.5. The Balaban J connectivity index is 1.71. The Morgan fingerprint density at radius 2 is 1.97 bits per heavy atom. The van der Waals surface area contributed by atoms with E-state index in [-0.39, 0.29) is 24.3 Å². The zero-order valence-electron chi connectivity index (χ0n) is 18.4. The van der Waals surface area contributed by atoms with Crippen molar-refractivity contribution >= 4 is 17.6 Å². The predicted molar refractivity (Wildman–Crippen MR) is 115 cm³/mol. The lowest BCUT2D eigenvalue weighted by molar-refractivity contribution is -0.121. The number of aryl methyl sites for hydroxylation is 2. The molecule has 0 fully saturated rings. The highest BCUT2D eigenvalue weighted by atomic mass is 16.5. The number of carbonyl (C=O) groups excluding carboxylic acids is 1. The standard InChI is InChI=1S/C21H28N6O4/c1-12(15-6-7-17(18(10-15)30-5)31-9-8-29-4)23-19(28)11-16-13(2)24-21-25-20(22)26-27(21)14(16)3/h6-7,10,12H,8-9,11H2,1-5H3,(H2,22,26)(H,23,28). The highest BCUT2D eigenvalue weighted by molar-refractivity contribution is 5.79. The van der Waals surface area contributed by atoms with E-state index in [2.05, 4.69) is 20.4 Å². The van der Waals surface area contributed by atoms with Crippen molar-refractivity contribution in [1.82, 2.24) is 24.9 Å². The number of anilines is 1. The third-order valence-electron chi connectivity index (χ3n) is 5.01. The second-order valence-corrected chi connectivity index (χ2v) is 7.16. The summed E-state index contributed by atoms with van der Waals surface area (Å²) in [5.74, 6) is 1.66. The van der Waals surface area contributed by atoms with E-state index in [1.54, 1.807) is 18.7 Å². The van der Waals surface area contributed by atoms with Crippen molar-refractivity contribution in [2.75, 3.05) is 33.2 Å². The van der Waals surface area contributed by atoms with Crippen LogP contribution in [0, 0.1) is 13.8 Å². The molecule has 0 bridgehead atoms. The number of nitrogens with one attached hydrogen (secondary N) is 1. The van der Waals surface area contributed by atoms with Crippen LogP contribution in [-0.2, 0) is 16.0 Å². The topological polar surface area (TPSA) is 126 Å². The normalized spacial score (nSPS) is 12.0. The van der Waals surface area contributed by atoms with Gasteiger partial charge in [0.2, 0.25) is 11.9 Å². The maximum atomic E-state index is 12.8. The van der Waals surface area contributed by atoms with Crippen LogP contribution >= 0.6 is 0 Å². The highest BCUT2D eigenvalue weighted by Crippen LogP contribution is 2.30. The first-order chi connectivity index (χ1) is 14.8. The van der Waals surface area contributed by atoms with Gasteiger partial charge in [0.1, 0.15) is 6.61 Å². The van der Waals surface area contributed by atoms with Gasteiger partial charge >= 0.3 is 0 Å². The van der Waals surface area contributed by atoms with Crippen LogP contribution in [0.4, 0.5) is 5.95 Å². The van der Waals surface area contributed by atoms with E-state index in [1.807, 2.05) is 39.0 Å². The van der Waals surface area contributed by atoms with Crippen molar-refractivity contribution in [3.8, 4) is 11.5 Å². The lowest BCUT2D eigenvalue weighted by Gasteiger charge is -2.18. The van der Waals surface area contributed by atoms with Gasteiger partial charge < -0.3 is 25.3 Å². The number of nitrogens with zero attached hydrogens (tertiary/aromatic N) is 4. The summed E-state index contributed by atoms with van der Waals surface area (Å²) < 4.78 is 17.6. The van der Waals surface area contributed by atoms with Crippen LogP contribution in [-0.4, -0.2) is 52.9 Å². The van der Waals surface area contributed by atoms with E-state index < -0.39 is 0 Å². The van der Waals surface area contributed by atoms with E-state index in [0.29, 0.717) is 30.5 Å². The summed E-state index contributed by atoms with van der Waals surface area (Å²) in [5.41, 5.74) is 8.87. The molecule has 1 unspecified atom stereocenters. The van der Waals surface area contributed by atoms with Crippen molar-refractivity contribution in [3.05, 3.63) is 40.7 Å². The van der Waals surface area contributed by atoms with Crippen LogP contribution in [0.15, 0.2) is 18.2 Å². The molecule has 31 heavy (non-hydrogen) atoms. The van der Waals surface area contributed by atoms with Crippen molar-refractivity contribution in [1.29, 1.82) is 0 Å². The van der Waals surface area contributed by atoms with Gasteiger partial charge in [-0.25, -0.2) is 4.98 Å². The Morgan fingerprint density at radius 3 is 2.68 bits per heavy atom. The van der Waals surface area contributed by atoms with Gasteiger partial charge in [-0.1, -0.05) is 6.07 Å². The fourth-order valence-corrected chi connectivity index (χ4v) is 3.32. The van der Waals surface area contributed by atoms with E-state index >= 15 is 0 Å². The second-order valence-electron chi connectivity index (χ2n) is 7.16. The molecule has 3 N–H and O–H groups in total. The van der Waals surface area contributed by atoms with Gasteiger partial charge in [-0.3, -0.25) is 4.79 Å². The maximum Gasteiger partial charge on any atom is 0.254 e. The van der Waals surface area contributed by atoms with Gasteiger partial charge in [0.05, 0.1) is 26.2 Å². The first-order valence-electron chi connectivity index (χ1n) is 9.91. The number of ether oxygens (including phenoxy) is 3. The summed E-state index contributed by atoms with van der Waals surface area (Å²) in [6, 6.07) is 5.36. The number of fused-ring (bicyclic) bond motifs is 1. The van der Waals surface area contributed by atoms with Crippen LogP contribution in [0.2, 0.25) is 0 Å². The molecule has 2 aromatic heterocycles. The van der Waals surface area contributed by atoms with Crippen LogP contribution in [0.5, 0.6) is 11.5 Å². The number of hydrogen-bond acceptors (Lipinski definition) is 8.